The van der Waals surface area contributed by atoms with Gasteiger partial charge in [-0.05, 0) is 43.2 Å². The third kappa shape index (κ3) is 3.80. The fourth-order valence-electron chi connectivity index (χ4n) is 3.72. The van der Waals surface area contributed by atoms with Crippen LogP contribution in [0.2, 0.25) is 0 Å². The van der Waals surface area contributed by atoms with E-state index in [1.54, 1.807) is 6.07 Å². The Labute approximate surface area is 158 Å². The molecule has 1 aliphatic rings. The largest absolute Gasteiger partial charge is 0.492 e. The van der Waals surface area contributed by atoms with Crippen molar-refractivity contribution in [2.24, 2.45) is 5.73 Å². The summed E-state index contributed by atoms with van der Waals surface area (Å²) in [6.45, 7) is 0.988. The van der Waals surface area contributed by atoms with Gasteiger partial charge in [0.15, 0.2) is 0 Å². The van der Waals surface area contributed by atoms with Crippen LogP contribution in [0.25, 0.3) is 10.9 Å². The highest BCUT2D eigenvalue weighted by atomic mass is 16.5. The van der Waals surface area contributed by atoms with Crippen molar-refractivity contribution in [1.82, 2.24) is 9.55 Å². The van der Waals surface area contributed by atoms with Crippen LogP contribution in [0.1, 0.15) is 31.7 Å². The lowest BCUT2D eigenvalue weighted by molar-refractivity contribution is 0.328. The minimum absolute atomic E-state index is 0.0629. The van der Waals surface area contributed by atoms with Gasteiger partial charge in [0.25, 0.3) is 5.56 Å². The van der Waals surface area contributed by atoms with E-state index >= 15 is 0 Å². The number of hydrogen-bond donors (Lipinski definition) is 2. The molecule has 2 heterocycles. The van der Waals surface area contributed by atoms with E-state index in [9.17, 15) is 4.79 Å². The zero-order valence-electron chi connectivity index (χ0n) is 15.2. The molecule has 0 bridgehead atoms. The molecular weight excluding hydrogens is 340 g/mol. The van der Waals surface area contributed by atoms with E-state index in [-0.39, 0.29) is 11.6 Å². The molecule has 2 aromatic heterocycles. The van der Waals surface area contributed by atoms with Crippen molar-refractivity contribution < 1.29 is 4.74 Å². The molecule has 4 rings (SSSR count). The zero-order chi connectivity index (χ0) is 18.6. The molecule has 1 aliphatic carbocycles. The topological polar surface area (TPSA) is 82.2 Å². The highest BCUT2D eigenvalue weighted by Gasteiger charge is 2.19. The van der Waals surface area contributed by atoms with E-state index in [0.29, 0.717) is 13.2 Å². The number of hydrogen-bond acceptors (Lipinski definition) is 5. The number of nitrogens with two attached hydrogens (primary N) is 1. The highest BCUT2D eigenvalue weighted by Crippen LogP contribution is 2.31. The van der Waals surface area contributed by atoms with Gasteiger partial charge in [0.1, 0.15) is 18.2 Å². The van der Waals surface area contributed by atoms with Crippen LogP contribution < -0.4 is 21.3 Å². The zero-order valence-corrected chi connectivity index (χ0v) is 15.2. The van der Waals surface area contributed by atoms with Gasteiger partial charge >= 0.3 is 0 Å². The van der Waals surface area contributed by atoms with Crippen molar-refractivity contribution in [1.29, 1.82) is 0 Å². The lowest BCUT2D eigenvalue weighted by Gasteiger charge is -2.17. The van der Waals surface area contributed by atoms with E-state index in [1.165, 1.54) is 12.8 Å². The van der Waals surface area contributed by atoms with Gasteiger partial charge in [-0.2, -0.15) is 0 Å². The predicted molar refractivity (Wildman–Crippen MR) is 108 cm³/mol. The second-order valence-corrected chi connectivity index (χ2v) is 6.89. The number of rotatable bonds is 6. The maximum atomic E-state index is 12.5. The predicted octanol–water partition coefficient (Wildman–Crippen LogP) is 3.59. The molecule has 0 radical (unpaired) electrons. The first-order valence-electron chi connectivity index (χ1n) is 9.46. The quantitative estimate of drug-likeness (QED) is 0.698. The van der Waals surface area contributed by atoms with Crippen LogP contribution in [-0.2, 0) is 0 Å². The third-order valence-corrected chi connectivity index (χ3v) is 5.02. The Kier molecular flexibility index (Phi) is 5.07. The Hall–Kier alpha value is -2.86. The van der Waals surface area contributed by atoms with Gasteiger partial charge in [-0.25, -0.2) is 4.98 Å². The molecule has 3 N–H and O–H groups in total. The van der Waals surface area contributed by atoms with Gasteiger partial charge in [0.05, 0.1) is 5.52 Å². The standard InChI is InChI=1S/C21H24N4O2/c22-11-12-27-18-8-6-16(7-9-18)24-20-13-19-15(14-23-20)5-10-21(26)25(19)17-3-1-2-4-17/h5-10,13-14,17H,1-4,11-12,22H2,(H,23,24). The Morgan fingerprint density at radius 2 is 1.93 bits per heavy atom. The second kappa shape index (κ2) is 7.80. The molecule has 3 aromatic rings. The first-order chi connectivity index (χ1) is 13.2. The Balaban J connectivity index is 1.62. The van der Waals surface area contributed by atoms with Gasteiger partial charge in [0.2, 0.25) is 0 Å². The molecule has 1 saturated carbocycles. The van der Waals surface area contributed by atoms with Gasteiger partial charge in [-0.3, -0.25) is 4.79 Å². The lowest BCUT2D eigenvalue weighted by atomic mass is 10.2. The number of ether oxygens (including phenoxy) is 1. The first kappa shape index (κ1) is 17.5. The van der Waals surface area contributed by atoms with Crippen molar-refractivity contribution in [2.75, 3.05) is 18.5 Å². The van der Waals surface area contributed by atoms with Crippen LogP contribution in [0.3, 0.4) is 0 Å². The summed E-state index contributed by atoms with van der Waals surface area (Å²) in [7, 11) is 0. The smallest absolute Gasteiger partial charge is 0.251 e. The van der Waals surface area contributed by atoms with Crippen molar-refractivity contribution in [3.05, 3.63) is 59.0 Å². The third-order valence-electron chi connectivity index (χ3n) is 5.02. The molecule has 27 heavy (non-hydrogen) atoms. The van der Waals surface area contributed by atoms with Gasteiger partial charge in [-0.1, -0.05) is 12.8 Å². The number of benzene rings is 1. The van der Waals surface area contributed by atoms with Crippen LogP contribution in [0.4, 0.5) is 11.5 Å². The van der Waals surface area contributed by atoms with Crippen LogP contribution >= 0.6 is 0 Å². The summed E-state index contributed by atoms with van der Waals surface area (Å²) in [5, 5.41) is 4.29. The van der Waals surface area contributed by atoms with E-state index in [4.69, 9.17) is 10.5 Å². The van der Waals surface area contributed by atoms with Crippen molar-refractivity contribution in [3.8, 4) is 5.75 Å². The maximum Gasteiger partial charge on any atom is 0.251 e. The summed E-state index contributed by atoms with van der Waals surface area (Å²) in [6, 6.07) is 13.4. The van der Waals surface area contributed by atoms with Crippen molar-refractivity contribution in [3.63, 3.8) is 0 Å². The summed E-state index contributed by atoms with van der Waals surface area (Å²) < 4.78 is 7.44. The highest BCUT2D eigenvalue weighted by molar-refractivity contribution is 5.81. The van der Waals surface area contributed by atoms with Gasteiger partial charge in [-0.15, -0.1) is 0 Å². The van der Waals surface area contributed by atoms with E-state index < -0.39 is 0 Å². The molecule has 0 spiro atoms. The molecule has 0 aliphatic heterocycles. The fraction of sp³-hybridized carbons (Fsp3) is 0.333. The van der Waals surface area contributed by atoms with Crippen LogP contribution in [0, 0.1) is 0 Å². The Morgan fingerprint density at radius 3 is 2.67 bits per heavy atom. The SMILES string of the molecule is NCCOc1ccc(Nc2cc3c(ccc(=O)n3C3CCCC3)cn2)cc1. The van der Waals surface area contributed by atoms with E-state index in [2.05, 4.69) is 10.3 Å². The van der Waals surface area contributed by atoms with Gasteiger partial charge in [0, 0.05) is 42.0 Å². The summed E-state index contributed by atoms with van der Waals surface area (Å²) in [6.07, 6.45) is 6.31. The van der Waals surface area contributed by atoms with Crippen molar-refractivity contribution in [2.45, 2.75) is 31.7 Å². The summed E-state index contributed by atoms with van der Waals surface area (Å²) >= 11 is 0. The molecule has 0 amide bonds. The molecule has 0 saturated heterocycles. The number of aromatic nitrogens is 2. The molecule has 6 heteroatoms. The van der Waals surface area contributed by atoms with E-state index in [1.807, 2.05) is 47.2 Å². The minimum Gasteiger partial charge on any atom is -0.492 e. The maximum absolute atomic E-state index is 12.5. The molecule has 1 fully saturated rings. The average molecular weight is 364 g/mol. The molecule has 6 nitrogen and oxygen atoms in total. The Morgan fingerprint density at radius 1 is 1.15 bits per heavy atom. The first-order valence-corrected chi connectivity index (χ1v) is 9.46. The van der Waals surface area contributed by atoms with Crippen LogP contribution in [0.15, 0.2) is 53.5 Å². The van der Waals surface area contributed by atoms with Crippen LogP contribution in [-0.4, -0.2) is 22.7 Å². The van der Waals surface area contributed by atoms with Crippen molar-refractivity contribution >= 4 is 22.4 Å². The van der Waals surface area contributed by atoms with Gasteiger partial charge < -0.3 is 20.4 Å². The average Bonchev–Trinajstić information content (AvgIpc) is 3.21. The second-order valence-electron chi connectivity index (χ2n) is 6.89. The minimum atomic E-state index is 0.0629. The number of pyridine rings is 2. The number of anilines is 2. The molecule has 0 atom stereocenters. The number of nitrogens with one attached hydrogen (secondary N) is 1. The normalized spacial score (nSPS) is 14.6. The summed E-state index contributed by atoms with van der Waals surface area (Å²) in [5.74, 6) is 1.50. The number of fused-ring (bicyclic) bond motifs is 1. The summed E-state index contributed by atoms with van der Waals surface area (Å²) in [5.41, 5.74) is 7.36. The molecular formula is C21H24N4O2. The summed E-state index contributed by atoms with van der Waals surface area (Å²) in [4.78, 5) is 17.0. The molecule has 1 aromatic carbocycles. The monoisotopic (exact) mass is 364 g/mol. The Bertz CT molecular complexity index is 976. The molecule has 140 valence electrons. The molecule has 0 unspecified atom stereocenters. The van der Waals surface area contributed by atoms with Crippen LogP contribution in [0.5, 0.6) is 5.75 Å². The fourth-order valence-corrected chi connectivity index (χ4v) is 3.72. The van der Waals surface area contributed by atoms with E-state index in [0.717, 1.165) is 41.0 Å². The number of nitrogens with zero attached hydrogens (tertiary/aromatic N) is 2. The lowest BCUT2D eigenvalue weighted by Crippen LogP contribution is -2.22.